The zero-order valence-corrected chi connectivity index (χ0v) is 13.6. The highest BCUT2D eigenvalue weighted by atomic mass is 16.5. The van der Waals surface area contributed by atoms with Gasteiger partial charge >= 0.3 is 0 Å². The fourth-order valence-electron chi connectivity index (χ4n) is 3.42. The van der Waals surface area contributed by atoms with Crippen LogP contribution in [0.4, 0.5) is 0 Å². The average Bonchev–Trinajstić information content (AvgIpc) is 2.62. The lowest BCUT2D eigenvalue weighted by Gasteiger charge is -2.38. The molecule has 1 amide bonds. The summed E-state index contributed by atoms with van der Waals surface area (Å²) >= 11 is 0. The summed E-state index contributed by atoms with van der Waals surface area (Å²) in [5, 5.41) is 6.39. The molecule has 0 unspecified atom stereocenters. The Morgan fingerprint density at radius 1 is 1.22 bits per heavy atom. The lowest BCUT2D eigenvalue weighted by Crippen LogP contribution is -2.46. The summed E-state index contributed by atoms with van der Waals surface area (Å²) in [6, 6.07) is 10.5. The highest BCUT2D eigenvalue weighted by molar-refractivity contribution is 5.76. The van der Waals surface area contributed by atoms with Gasteiger partial charge in [0.25, 0.3) is 0 Å². The summed E-state index contributed by atoms with van der Waals surface area (Å²) in [6.45, 7) is 4.48. The third-order valence-electron chi connectivity index (χ3n) is 4.88. The molecule has 2 aliphatic rings. The maximum atomic E-state index is 12.3. The molecule has 0 saturated carbocycles. The number of carbonyl (C=O) groups excluding carboxylic acids is 1. The average molecular weight is 318 g/mol. The molecule has 1 atom stereocenters. The van der Waals surface area contributed by atoms with E-state index in [1.54, 1.807) is 0 Å². The Kier molecular flexibility index (Phi) is 5.65. The number of hydrogen-bond donors (Lipinski definition) is 2. The van der Waals surface area contributed by atoms with E-state index in [0.717, 1.165) is 39.1 Å². The number of hydrogen-bond acceptors (Lipinski definition) is 4. The van der Waals surface area contributed by atoms with Gasteiger partial charge in [-0.05, 0) is 18.4 Å². The standard InChI is InChI=1S/C18H26N2O3/c21-17(12-16-13-19-8-11-23-16)20-14-18(6-9-22-10-7-18)15-4-2-1-3-5-15/h1-5,16,19H,6-14H2,(H,20,21)/t16-/m0/s1. The summed E-state index contributed by atoms with van der Waals surface area (Å²) in [7, 11) is 0. The van der Waals surface area contributed by atoms with Crippen molar-refractivity contribution >= 4 is 5.91 Å². The van der Waals surface area contributed by atoms with E-state index < -0.39 is 0 Å². The first kappa shape index (κ1) is 16.4. The smallest absolute Gasteiger partial charge is 0.222 e. The van der Waals surface area contributed by atoms with Crippen molar-refractivity contribution in [3.8, 4) is 0 Å². The molecule has 0 aliphatic carbocycles. The minimum Gasteiger partial charge on any atom is -0.381 e. The van der Waals surface area contributed by atoms with Crippen molar-refractivity contribution < 1.29 is 14.3 Å². The van der Waals surface area contributed by atoms with E-state index in [2.05, 4.69) is 34.9 Å². The molecule has 1 aromatic carbocycles. The second-order valence-electron chi connectivity index (χ2n) is 6.44. The number of amides is 1. The molecule has 5 heteroatoms. The molecule has 0 spiro atoms. The van der Waals surface area contributed by atoms with E-state index in [-0.39, 0.29) is 17.4 Å². The van der Waals surface area contributed by atoms with Crippen molar-refractivity contribution in [2.24, 2.45) is 0 Å². The summed E-state index contributed by atoms with van der Waals surface area (Å²) in [4.78, 5) is 12.3. The van der Waals surface area contributed by atoms with Crippen LogP contribution in [0, 0.1) is 0 Å². The SMILES string of the molecule is O=C(C[C@H]1CNCCO1)NCC1(c2ccccc2)CCOCC1. The molecular formula is C18H26N2O3. The Morgan fingerprint density at radius 2 is 2.00 bits per heavy atom. The topological polar surface area (TPSA) is 59.6 Å². The van der Waals surface area contributed by atoms with Gasteiger partial charge in [0.2, 0.25) is 5.91 Å². The summed E-state index contributed by atoms with van der Waals surface area (Å²) < 4.78 is 11.1. The number of rotatable bonds is 5. The molecule has 3 rings (SSSR count). The Hall–Kier alpha value is -1.43. The molecule has 2 fully saturated rings. The van der Waals surface area contributed by atoms with Gasteiger partial charge in [-0.1, -0.05) is 30.3 Å². The monoisotopic (exact) mass is 318 g/mol. The molecule has 0 aromatic heterocycles. The maximum Gasteiger partial charge on any atom is 0.222 e. The minimum atomic E-state index is -0.0131. The maximum absolute atomic E-state index is 12.3. The quantitative estimate of drug-likeness (QED) is 0.857. The highest BCUT2D eigenvalue weighted by Gasteiger charge is 2.34. The molecule has 0 bridgehead atoms. The van der Waals surface area contributed by atoms with E-state index in [0.29, 0.717) is 19.6 Å². The summed E-state index contributed by atoms with van der Waals surface area (Å²) in [5.74, 6) is 0.0699. The zero-order valence-electron chi connectivity index (χ0n) is 13.6. The van der Waals surface area contributed by atoms with Gasteiger partial charge in [0, 0.05) is 38.3 Å². The van der Waals surface area contributed by atoms with Crippen LogP contribution in [-0.4, -0.2) is 51.5 Å². The fraction of sp³-hybridized carbons (Fsp3) is 0.611. The van der Waals surface area contributed by atoms with Crippen LogP contribution in [0.25, 0.3) is 0 Å². The van der Waals surface area contributed by atoms with E-state index in [9.17, 15) is 4.79 Å². The van der Waals surface area contributed by atoms with E-state index in [1.807, 2.05) is 6.07 Å². The Bertz CT molecular complexity index is 494. The first-order valence-corrected chi connectivity index (χ1v) is 8.51. The molecule has 23 heavy (non-hydrogen) atoms. The zero-order chi connectivity index (χ0) is 16.0. The van der Waals surface area contributed by atoms with Gasteiger partial charge < -0.3 is 20.1 Å². The first-order chi connectivity index (χ1) is 11.3. The number of nitrogens with one attached hydrogen (secondary N) is 2. The third-order valence-corrected chi connectivity index (χ3v) is 4.88. The van der Waals surface area contributed by atoms with Gasteiger partial charge in [-0.15, -0.1) is 0 Å². The van der Waals surface area contributed by atoms with Crippen molar-refractivity contribution in [1.29, 1.82) is 0 Å². The van der Waals surface area contributed by atoms with E-state index >= 15 is 0 Å². The van der Waals surface area contributed by atoms with Crippen LogP contribution in [0.1, 0.15) is 24.8 Å². The number of ether oxygens (including phenoxy) is 2. The van der Waals surface area contributed by atoms with Crippen molar-refractivity contribution in [2.75, 3.05) is 39.5 Å². The molecule has 126 valence electrons. The molecule has 2 N–H and O–H groups in total. The first-order valence-electron chi connectivity index (χ1n) is 8.51. The Balaban J connectivity index is 1.59. The molecule has 5 nitrogen and oxygen atoms in total. The fourth-order valence-corrected chi connectivity index (χ4v) is 3.42. The minimum absolute atomic E-state index is 0.00823. The van der Waals surface area contributed by atoms with Crippen molar-refractivity contribution in [2.45, 2.75) is 30.8 Å². The van der Waals surface area contributed by atoms with Crippen molar-refractivity contribution in [3.05, 3.63) is 35.9 Å². The van der Waals surface area contributed by atoms with Gasteiger partial charge in [-0.25, -0.2) is 0 Å². The summed E-state index contributed by atoms with van der Waals surface area (Å²) in [6.07, 6.45) is 2.30. The highest BCUT2D eigenvalue weighted by Crippen LogP contribution is 2.34. The predicted octanol–water partition coefficient (Wildman–Crippen LogP) is 1.23. The lowest BCUT2D eigenvalue weighted by molar-refractivity contribution is -0.125. The molecule has 2 aliphatic heterocycles. The van der Waals surface area contributed by atoms with Crippen LogP contribution in [0.15, 0.2) is 30.3 Å². The number of carbonyl (C=O) groups is 1. The summed E-state index contributed by atoms with van der Waals surface area (Å²) in [5.41, 5.74) is 1.28. The molecule has 2 heterocycles. The van der Waals surface area contributed by atoms with Gasteiger partial charge in [-0.2, -0.15) is 0 Å². The molecule has 0 radical (unpaired) electrons. The van der Waals surface area contributed by atoms with Gasteiger partial charge in [0.1, 0.15) is 0 Å². The van der Waals surface area contributed by atoms with Crippen LogP contribution in [0.2, 0.25) is 0 Å². The second kappa shape index (κ2) is 7.90. The van der Waals surface area contributed by atoms with Gasteiger partial charge in [-0.3, -0.25) is 4.79 Å². The van der Waals surface area contributed by atoms with Crippen LogP contribution in [0.5, 0.6) is 0 Å². The number of morpholine rings is 1. The molecule has 2 saturated heterocycles. The predicted molar refractivity (Wildman–Crippen MR) is 88.4 cm³/mol. The van der Waals surface area contributed by atoms with E-state index in [4.69, 9.17) is 9.47 Å². The van der Waals surface area contributed by atoms with Crippen LogP contribution in [0.3, 0.4) is 0 Å². The van der Waals surface area contributed by atoms with Crippen molar-refractivity contribution in [3.63, 3.8) is 0 Å². The molecule has 1 aromatic rings. The number of benzene rings is 1. The van der Waals surface area contributed by atoms with Crippen LogP contribution < -0.4 is 10.6 Å². The van der Waals surface area contributed by atoms with Gasteiger partial charge in [0.15, 0.2) is 0 Å². The van der Waals surface area contributed by atoms with Crippen LogP contribution in [-0.2, 0) is 19.7 Å². The second-order valence-corrected chi connectivity index (χ2v) is 6.44. The Labute approximate surface area is 137 Å². The van der Waals surface area contributed by atoms with Gasteiger partial charge in [0.05, 0.1) is 19.1 Å². The lowest BCUT2D eigenvalue weighted by atomic mass is 9.74. The van der Waals surface area contributed by atoms with Crippen LogP contribution >= 0.6 is 0 Å². The van der Waals surface area contributed by atoms with Crippen molar-refractivity contribution in [1.82, 2.24) is 10.6 Å². The third kappa shape index (κ3) is 4.31. The largest absolute Gasteiger partial charge is 0.381 e. The molecular weight excluding hydrogens is 292 g/mol. The normalized spacial score (nSPS) is 24.1. The van der Waals surface area contributed by atoms with E-state index in [1.165, 1.54) is 5.56 Å². The Morgan fingerprint density at radius 3 is 2.70 bits per heavy atom.